The maximum absolute atomic E-state index is 11.9. The lowest BCUT2D eigenvalue weighted by Gasteiger charge is -2.14. The summed E-state index contributed by atoms with van der Waals surface area (Å²) in [7, 11) is 0. The summed E-state index contributed by atoms with van der Waals surface area (Å²) in [4.78, 5) is 0. The summed E-state index contributed by atoms with van der Waals surface area (Å²) < 4.78 is 37.5. The Bertz CT molecular complexity index is 311. The molecule has 1 N–H and O–H groups in total. The Kier molecular flexibility index (Phi) is 6.11. The van der Waals surface area contributed by atoms with E-state index in [2.05, 4.69) is 15.6 Å². The van der Waals surface area contributed by atoms with E-state index in [4.69, 9.17) is 0 Å². The van der Waals surface area contributed by atoms with E-state index >= 15 is 0 Å². The monoisotopic (exact) mass is 264 g/mol. The first-order valence-electron chi connectivity index (χ1n) is 6.11. The standard InChI is InChI=1S/C11H19F3N4/c1-10(4-2-5-11(12,13)14)15-6-3-8-18-9-7-16-17-18/h7,9-10,15H,2-6,8H2,1H3. The molecular weight excluding hydrogens is 245 g/mol. The first kappa shape index (κ1) is 14.9. The van der Waals surface area contributed by atoms with E-state index in [-0.39, 0.29) is 12.5 Å². The minimum Gasteiger partial charge on any atom is -0.314 e. The number of aromatic nitrogens is 3. The van der Waals surface area contributed by atoms with Crippen molar-refractivity contribution in [2.75, 3.05) is 6.54 Å². The molecule has 0 fully saturated rings. The fraction of sp³-hybridized carbons (Fsp3) is 0.818. The van der Waals surface area contributed by atoms with Gasteiger partial charge in [-0.1, -0.05) is 5.21 Å². The number of hydrogen-bond donors (Lipinski definition) is 1. The molecular formula is C11H19F3N4. The SMILES string of the molecule is CC(CCCC(F)(F)F)NCCCn1ccnn1. The van der Waals surface area contributed by atoms with E-state index in [1.54, 1.807) is 17.1 Å². The van der Waals surface area contributed by atoms with Crippen molar-refractivity contribution < 1.29 is 13.2 Å². The Morgan fingerprint density at radius 1 is 1.33 bits per heavy atom. The quantitative estimate of drug-likeness (QED) is 0.733. The smallest absolute Gasteiger partial charge is 0.314 e. The van der Waals surface area contributed by atoms with Gasteiger partial charge in [-0.2, -0.15) is 13.2 Å². The van der Waals surface area contributed by atoms with Crippen molar-refractivity contribution in [3.05, 3.63) is 12.4 Å². The van der Waals surface area contributed by atoms with Crippen molar-refractivity contribution >= 4 is 0 Å². The molecule has 7 heteroatoms. The van der Waals surface area contributed by atoms with Crippen LogP contribution in [-0.4, -0.2) is 33.8 Å². The molecule has 0 saturated carbocycles. The predicted octanol–water partition coefficient (Wildman–Crippen LogP) is 2.38. The zero-order chi connectivity index (χ0) is 13.4. The summed E-state index contributed by atoms with van der Waals surface area (Å²) in [6.45, 7) is 3.45. The minimum atomic E-state index is -4.03. The highest BCUT2D eigenvalue weighted by Gasteiger charge is 2.26. The molecule has 1 heterocycles. The molecule has 0 amide bonds. The zero-order valence-corrected chi connectivity index (χ0v) is 10.5. The van der Waals surface area contributed by atoms with Gasteiger partial charge in [-0.25, -0.2) is 0 Å². The molecule has 1 rings (SSSR count). The Morgan fingerprint density at radius 2 is 2.11 bits per heavy atom. The first-order valence-corrected chi connectivity index (χ1v) is 6.11. The highest BCUT2D eigenvalue weighted by atomic mass is 19.4. The van der Waals surface area contributed by atoms with Crippen LogP contribution in [-0.2, 0) is 6.54 Å². The fourth-order valence-corrected chi connectivity index (χ4v) is 1.65. The Balaban J connectivity index is 1.98. The second-order valence-corrected chi connectivity index (χ2v) is 4.38. The van der Waals surface area contributed by atoms with Crippen molar-refractivity contribution in [2.45, 2.75) is 51.4 Å². The van der Waals surface area contributed by atoms with Gasteiger partial charge in [0, 0.05) is 25.2 Å². The average molecular weight is 264 g/mol. The molecule has 0 aliphatic carbocycles. The molecule has 1 unspecified atom stereocenters. The van der Waals surface area contributed by atoms with Crippen LogP contribution in [0.15, 0.2) is 12.4 Å². The van der Waals surface area contributed by atoms with E-state index in [1.165, 1.54) is 0 Å². The van der Waals surface area contributed by atoms with E-state index in [9.17, 15) is 13.2 Å². The molecule has 0 aliphatic rings. The number of rotatable bonds is 8. The highest BCUT2D eigenvalue weighted by molar-refractivity contribution is 4.65. The molecule has 1 aromatic rings. The van der Waals surface area contributed by atoms with Crippen LogP contribution in [0.2, 0.25) is 0 Å². The van der Waals surface area contributed by atoms with Crippen LogP contribution in [0.4, 0.5) is 13.2 Å². The molecule has 0 radical (unpaired) electrons. The summed E-state index contributed by atoms with van der Waals surface area (Å²) in [5.41, 5.74) is 0. The summed E-state index contributed by atoms with van der Waals surface area (Å²) in [5.74, 6) is 0. The third-order valence-electron chi connectivity index (χ3n) is 2.63. The van der Waals surface area contributed by atoms with Gasteiger partial charge in [-0.15, -0.1) is 5.10 Å². The molecule has 0 bridgehead atoms. The number of alkyl halides is 3. The Morgan fingerprint density at radius 3 is 2.72 bits per heavy atom. The van der Waals surface area contributed by atoms with Crippen molar-refractivity contribution in [1.82, 2.24) is 20.3 Å². The fourth-order valence-electron chi connectivity index (χ4n) is 1.65. The van der Waals surface area contributed by atoms with Gasteiger partial charge in [0.2, 0.25) is 0 Å². The lowest BCUT2D eigenvalue weighted by molar-refractivity contribution is -0.135. The van der Waals surface area contributed by atoms with E-state index in [1.807, 2.05) is 6.92 Å². The minimum absolute atomic E-state index is 0.114. The lowest BCUT2D eigenvalue weighted by atomic mass is 10.1. The van der Waals surface area contributed by atoms with Gasteiger partial charge in [0.1, 0.15) is 0 Å². The maximum atomic E-state index is 11.9. The largest absolute Gasteiger partial charge is 0.389 e. The summed E-state index contributed by atoms with van der Waals surface area (Å²) in [6, 6.07) is 0.114. The van der Waals surface area contributed by atoms with Crippen LogP contribution in [0.3, 0.4) is 0 Å². The second-order valence-electron chi connectivity index (χ2n) is 4.38. The normalized spacial score (nSPS) is 13.8. The van der Waals surface area contributed by atoms with Gasteiger partial charge < -0.3 is 5.32 Å². The van der Waals surface area contributed by atoms with Crippen LogP contribution in [0.5, 0.6) is 0 Å². The van der Waals surface area contributed by atoms with Crippen molar-refractivity contribution in [2.24, 2.45) is 0 Å². The van der Waals surface area contributed by atoms with Crippen LogP contribution in [0.25, 0.3) is 0 Å². The molecule has 4 nitrogen and oxygen atoms in total. The van der Waals surface area contributed by atoms with Gasteiger partial charge in [-0.05, 0) is 32.7 Å². The molecule has 1 atom stereocenters. The molecule has 0 aromatic carbocycles. The van der Waals surface area contributed by atoms with E-state index in [0.717, 1.165) is 19.5 Å². The van der Waals surface area contributed by atoms with Gasteiger partial charge in [0.25, 0.3) is 0 Å². The third-order valence-corrected chi connectivity index (χ3v) is 2.63. The Hall–Kier alpha value is -1.11. The highest BCUT2D eigenvalue weighted by Crippen LogP contribution is 2.22. The molecule has 0 saturated heterocycles. The summed E-state index contributed by atoms with van der Waals surface area (Å²) >= 11 is 0. The summed E-state index contributed by atoms with van der Waals surface area (Å²) in [5, 5.41) is 10.7. The van der Waals surface area contributed by atoms with Crippen molar-refractivity contribution in [3.8, 4) is 0 Å². The van der Waals surface area contributed by atoms with Crippen LogP contribution in [0.1, 0.15) is 32.6 Å². The molecule has 18 heavy (non-hydrogen) atoms. The number of halogens is 3. The number of hydrogen-bond acceptors (Lipinski definition) is 3. The van der Waals surface area contributed by atoms with Gasteiger partial charge in [0.15, 0.2) is 0 Å². The number of nitrogens with zero attached hydrogens (tertiary/aromatic N) is 3. The molecule has 104 valence electrons. The van der Waals surface area contributed by atoms with Crippen LogP contribution in [0, 0.1) is 0 Å². The third kappa shape index (κ3) is 7.26. The summed E-state index contributed by atoms with van der Waals surface area (Å²) in [6.07, 6.45) is 0.279. The van der Waals surface area contributed by atoms with Gasteiger partial charge in [-0.3, -0.25) is 4.68 Å². The van der Waals surface area contributed by atoms with E-state index in [0.29, 0.717) is 6.42 Å². The van der Waals surface area contributed by atoms with Gasteiger partial charge in [0.05, 0.1) is 6.20 Å². The molecule has 0 spiro atoms. The van der Waals surface area contributed by atoms with Crippen LogP contribution < -0.4 is 5.32 Å². The Labute approximate surface area is 105 Å². The number of nitrogens with one attached hydrogen (secondary N) is 1. The van der Waals surface area contributed by atoms with Crippen LogP contribution >= 0.6 is 0 Å². The molecule has 1 aromatic heterocycles. The van der Waals surface area contributed by atoms with Gasteiger partial charge >= 0.3 is 6.18 Å². The maximum Gasteiger partial charge on any atom is 0.389 e. The average Bonchev–Trinajstić information content (AvgIpc) is 2.75. The number of aryl methyl sites for hydroxylation is 1. The predicted molar refractivity (Wildman–Crippen MR) is 62.0 cm³/mol. The van der Waals surface area contributed by atoms with Crippen molar-refractivity contribution in [1.29, 1.82) is 0 Å². The zero-order valence-electron chi connectivity index (χ0n) is 10.5. The topological polar surface area (TPSA) is 42.7 Å². The second kappa shape index (κ2) is 7.35. The first-order chi connectivity index (χ1) is 8.47. The lowest BCUT2D eigenvalue weighted by Crippen LogP contribution is -2.28. The van der Waals surface area contributed by atoms with E-state index < -0.39 is 12.6 Å². The van der Waals surface area contributed by atoms with Crippen molar-refractivity contribution in [3.63, 3.8) is 0 Å². The molecule has 0 aliphatic heterocycles.